The van der Waals surface area contributed by atoms with Crippen LogP contribution in [0.25, 0.3) is 0 Å². The van der Waals surface area contributed by atoms with E-state index in [-0.39, 0.29) is 19.8 Å². The Morgan fingerprint density at radius 3 is 1.21 bits per heavy atom. The highest BCUT2D eigenvalue weighted by atomic mass is 31.2. The van der Waals surface area contributed by atoms with Crippen molar-refractivity contribution in [3.05, 3.63) is 0 Å². The first kappa shape index (κ1) is 51.9. The third-order valence-corrected chi connectivity index (χ3v) is 10.9. The van der Waals surface area contributed by atoms with E-state index in [4.69, 9.17) is 18.5 Å². The molecule has 0 spiro atoms. The van der Waals surface area contributed by atoms with Gasteiger partial charge in [0.1, 0.15) is 19.3 Å². The highest BCUT2D eigenvalue weighted by Gasteiger charge is 2.26. The number of phosphoric ester groups is 1. The molecule has 0 amide bonds. The molecule has 0 aliphatic carbocycles. The summed E-state index contributed by atoms with van der Waals surface area (Å²) in [6.45, 7) is 4.78. The summed E-state index contributed by atoms with van der Waals surface area (Å²) in [4.78, 5) is 10.2. The van der Waals surface area contributed by atoms with Crippen LogP contribution in [-0.4, -0.2) is 85.8 Å². The molecule has 0 fully saturated rings. The second-order valence-corrected chi connectivity index (χ2v) is 17.8. The van der Waals surface area contributed by atoms with Crippen LogP contribution in [0.5, 0.6) is 0 Å². The van der Waals surface area contributed by atoms with Crippen molar-refractivity contribution in [2.45, 2.75) is 225 Å². The molecule has 3 N–H and O–H groups in total. The zero-order chi connectivity index (χ0) is 38.6. The number of quaternary nitrogens is 1. The highest BCUT2D eigenvalue weighted by Crippen LogP contribution is 2.43. The van der Waals surface area contributed by atoms with E-state index in [1.54, 1.807) is 0 Å². The molecule has 0 aliphatic heterocycles. The van der Waals surface area contributed by atoms with Gasteiger partial charge < -0.3 is 29.1 Å². The van der Waals surface area contributed by atoms with Crippen LogP contribution in [0.4, 0.5) is 0 Å². The van der Waals surface area contributed by atoms with Gasteiger partial charge in [0.15, 0.2) is 12.6 Å². The van der Waals surface area contributed by atoms with Crippen LogP contribution in [-0.2, 0) is 23.1 Å². The second-order valence-electron chi connectivity index (χ2n) is 16.4. The van der Waals surface area contributed by atoms with E-state index in [1.807, 2.05) is 21.1 Å². The molecule has 0 bridgehead atoms. The molecule has 0 aromatic rings. The van der Waals surface area contributed by atoms with Crippen molar-refractivity contribution in [1.29, 1.82) is 0 Å². The summed E-state index contributed by atoms with van der Waals surface area (Å²) < 4.78 is 34.9. The molecule has 0 radical (unpaired) electrons. The molecule has 314 valence electrons. The lowest BCUT2D eigenvalue weighted by Crippen LogP contribution is -2.37. The first-order valence-corrected chi connectivity index (χ1v) is 23.5. The summed E-state index contributed by atoms with van der Waals surface area (Å²) >= 11 is 0. The fraction of sp³-hybridized carbons (Fsp3) is 1.00. The molecule has 52 heavy (non-hydrogen) atoms. The molecule has 0 rings (SSSR count). The van der Waals surface area contributed by atoms with Gasteiger partial charge in [0.2, 0.25) is 0 Å². The monoisotopic (exact) mass is 767 g/mol. The van der Waals surface area contributed by atoms with Gasteiger partial charge in [-0.2, -0.15) is 0 Å². The Morgan fingerprint density at radius 2 is 0.846 bits per heavy atom. The molecule has 1 unspecified atom stereocenters. The van der Waals surface area contributed by atoms with E-state index in [0.717, 1.165) is 38.5 Å². The number of aliphatic hydroxyl groups is 2. The van der Waals surface area contributed by atoms with Gasteiger partial charge in [0.05, 0.1) is 34.4 Å². The maximum absolute atomic E-state index is 12.5. The Balaban J connectivity index is 4.32. The molecule has 0 heterocycles. The van der Waals surface area contributed by atoms with Crippen LogP contribution in [0.1, 0.15) is 206 Å². The first-order chi connectivity index (χ1) is 25.0. The van der Waals surface area contributed by atoms with Crippen molar-refractivity contribution in [3.8, 4) is 0 Å². The molecule has 0 aliphatic rings. The van der Waals surface area contributed by atoms with Crippen LogP contribution < -0.4 is 0 Å². The molecule has 0 aromatic carbocycles. The maximum Gasteiger partial charge on any atom is 0.472 e. The molecular weight excluding hydrogens is 677 g/mol. The summed E-state index contributed by atoms with van der Waals surface area (Å²) in [5.41, 5.74) is 0. The molecular formula is C42H89NO8P+. The number of unbranched alkanes of at least 4 members (excludes halogenated alkanes) is 26. The van der Waals surface area contributed by atoms with E-state index >= 15 is 0 Å². The number of hydrogen-bond donors (Lipinski definition) is 3. The van der Waals surface area contributed by atoms with Gasteiger partial charge in [-0.1, -0.05) is 181 Å². The van der Waals surface area contributed by atoms with Crippen LogP contribution in [0.15, 0.2) is 0 Å². The lowest BCUT2D eigenvalue weighted by atomic mass is 10.0. The Hall–Kier alpha value is -0.0900. The van der Waals surface area contributed by atoms with Crippen LogP contribution in [0, 0.1) is 0 Å². The van der Waals surface area contributed by atoms with Crippen molar-refractivity contribution in [3.63, 3.8) is 0 Å². The number of aliphatic hydroxyl groups excluding tert-OH is 2. The average Bonchev–Trinajstić information content (AvgIpc) is 3.09. The molecule has 9 nitrogen and oxygen atoms in total. The average molecular weight is 767 g/mol. The fourth-order valence-corrected chi connectivity index (χ4v) is 7.13. The zero-order valence-corrected chi connectivity index (χ0v) is 35.9. The maximum atomic E-state index is 12.5. The predicted octanol–water partition coefficient (Wildman–Crippen LogP) is 11.6. The van der Waals surface area contributed by atoms with Gasteiger partial charge in [-0.05, 0) is 25.7 Å². The number of hydrogen-bond acceptors (Lipinski definition) is 7. The van der Waals surface area contributed by atoms with Crippen LogP contribution in [0.2, 0.25) is 0 Å². The quantitative estimate of drug-likeness (QED) is 0.0243. The van der Waals surface area contributed by atoms with Gasteiger partial charge >= 0.3 is 7.82 Å². The normalized spacial score (nSPS) is 15.2. The van der Waals surface area contributed by atoms with E-state index in [0.29, 0.717) is 23.9 Å². The van der Waals surface area contributed by atoms with Crippen LogP contribution >= 0.6 is 7.82 Å². The van der Waals surface area contributed by atoms with E-state index in [9.17, 15) is 19.7 Å². The minimum absolute atomic E-state index is 0.0611. The van der Waals surface area contributed by atoms with E-state index in [1.165, 1.54) is 141 Å². The topological polar surface area (TPSA) is 115 Å². The molecule has 4 atom stereocenters. The Bertz CT molecular complexity index is 784. The van der Waals surface area contributed by atoms with Gasteiger partial charge in [-0.15, -0.1) is 0 Å². The SMILES string of the molecule is CCCCCCCCCCCCCCCCC[C@@H](O)O[C@H](CO[C@H](O)CCCCCCCCCCCCCCC)COP(=O)(O)OCC[N+](C)(C)C. The summed E-state index contributed by atoms with van der Waals surface area (Å²) in [6, 6.07) is 0. The van der Waals surface area contributed by atoms with Gasteiger partial charge in [-0.25, -0.2) is 4.57 Å². The lowest BCUT2D eigenvalue weighted by Gasteiger charge is -2.25. The van der Waals surface area contributed by atoms with Crippen LogP contribution in [0.3, 0.4) is 0 Å². The van der Waals surface area contributed by atoms with Crippen molar-refractivity contribution >= 4 is 7.82 Å². The van der Waals surface area contributed by atoms with Crippen molar-refractivity contribution < 1.29 is 42.7 Å². The molecule has 0 saturated heterocycles. The predicted molar refractivity (Wildman–Crippen MR) is 217 cm³/mol. The summed E-state index contributed by atoms with van der Waals surface area (Å²) in [7, 11) is 1.60. The molecule has 0 saturated carbocycles. The Labute approximate surface area is 322 Å². The van der Waals surface area contributed by atoms with Gasteiger partial charge in [0.25, 0.3) is 0 Å². The minimum Gasteiger partial charge on any atom is -0.368 e. The van der Waals surface area contributed by atoms with Gasteiger partial charge in [-0.3, -0.25) is 9.05 Å². The molecule has 10 heteroatoms. The van der Waals surface area contributed by atoms with Crippen molar-refractivity contribution in [1.82, 2.24) is 0 Å². The Morgan fingerprint density at radius 1 is 0.500 bits per heavy atom. The number of ether oxygens (including phenoxy) is 2. The number of likely N-dealkylation sites (N-methyl/N-ethyl adjacent to an activating group) is 1. The summed E-state index contributed by atoms with van der Waals surface area (Å²) in [5.74, 6) is 0. The highest BCUT2D eigenvalue weighted by molar-refractivity contribution is 7.47. The minimum atomic E-state index is -4.31. The third-order valence-electron chi connectivity index (χ3n) is 9.87. The van der Waals surface area contributed by atoms with Crippen molar-refractivity contribution in [2.75, 3.05) is 47.5 Å². The van der Waals surface area contributed by atoms with Gasteiger partial charge in [0, 0.05) is 0 Å². The number of phosphoric acid groups is 1. The van der Waals surface area contributed by atoms with Crippen molar-refractivity contribution in [2.24, 2.45) is 0 Å². The standard InChI is InChI=1S/C42H88NO8P/c1-6-8-10-12-14-16-18-20-21-23-25-27-29-31-33-35-42(45)51-40(39-50-52(46,47)49-37-36-43(3,4)5)38-48-41(44)34-32-30-28-26-24-22-19-17-15-13-11-9-7-2/h40-42,44-45H,6-39H2,1-5H3/p+1/t40-,41+,42+/m1/s1. The first-order valence-electron chi connectivity index (χ1n) is 22.0. The smallest absolute Gasteiger partial charge is 0.368 e. The Kier molecular flexibility index (Phi) is 36.5. The second kappa shape index (κ2) is 36.5. The summed E-state index contributed by atoms with van der Waals surface area (Å²) in [6.07, 6.45) is 33.7. The number of nitrogens with zero attached hydrogens (tertiary/aromatic N) is 1. The van der Waals surface area contributed by atoms with E-state index < -0.39 is 26.5 Å². The fourth-order valence-electron chi connectivity index (χ4n) is 6.39. The lowest BCUT2D eigenvalue weighted by molar-refractivity contribution is -0.870. The summed E-state index contributed by atoms with van der Waals surface area (Å²) in [5, 5.41) is 21.1. The number of rotatable bonds is 42. The molecule has 0 aromatic heterocycles. The largest absolute Gasteiger partial charge is 0.472 e. The zero-order valence-electron chi connectivity index (χ0n) is 35.1. The third kappa shape index (κ3) is 39.6. The van der Waals surface area contributed by atoms with E-state index in [2.05, 4.69) is 13.8 Å².